The SMILES string of the molecule is FC(F)(F)C1(n2cncc2C2CCNCC2)CC1. The van der Waals surface area contributed by atoms with E-state index in [1.165, 1.54) is 10.9 Å². The maximum absolute atomic E-state index is 13.1. The maximum Gasteiger partial charge on any atom is 0.411 e. The highest BCUT2D eigenvalue weighted by Crippen LogP contribution is 2.56. The topological polar surface area (TPSA) is 29.9 Å². The van der Waals surface area contributed by atoms with Crippen molar-refractivity contribution in [2.45, 2.75) is 43.3 Å². The Morgan fingerprint density at radius 2 is 1.94 bits per heavy atom. The molecule has 1 aromatic rings. The summed E-state index contributed by atoms with van der Waals surface area (Å²) in [4.78, 5) is 3.96. The number of hydrogen-bond donors (Lipinski definition) is 1. The van der Waals surface area contributed by atoms with E-state index in [9.17, 15) is 13.2 Å². The molecule has 3 nitrogen and oxygen atoms in total. The van der Waals surface area contributed by atoms with Crippen molar-refractivity contribution in [2.75, 3.05) is 13.1 Å². The Morgan fingerprint density at radius 1 is 1.28 bits per heavy atom. The molecule has 1 N–H and O–H groups in total. The van der Waals surface area contributed by atoms with Gasteiger partial charge in [0.25, 0.3) is 0 Å². The van der Waals surface area contributed by atoms with E-state index in [1.54, 1.807) is 6.20 Å². The highest BCUT2D eigenvalue weighted by Gasteiger charge is 2.65. The quantitative estimate of drug-likeness (QED) is 0.884. The molecular weight excluding hydrogens is 243 g/mol. The number of piperidine rings is 1. The molecular formula is C12H16F3N3. The van der Waals surface area contributed by atoms with E-state index in [1.807, 2.05) is 0 Å². The first kappa shape index (κ1) is 12.0. The second-order valence-corrected chi connectivity index (χ2v) is 5.24. The summed E-state index contributed by atoms with van der Waals surface area (Å²) in [6.07, 6.45) is 0.948. The summed E-state index contributed by atoms with van der Waals surface area (Å²) in [5.41, 5.74) is -0.907. The Morgan fingerprint density at radius 3 is 2.50 bits per heavy atom. The largest absolute Gasteiger partial charge is 0.411 e. The van der Waals surface area contributed by atoms with Crippen molar-refractivity contribution in [3.8, 4) is 0 Å². The Balaban J connectivity index is 1.92. The average Bonchev–Trinajstić information content (AvgIpc) is 3.02. The summed E-state index contributed by atoms with van der Waals surface area (Å²) in [5.74, 6) is 0.202. The summed E-state index contributed by atoms with van der Waals surface area (Å²) < 4.78 is 40.8. The predicted molar refractivity (Wildman–Crippen MR) is 60.3 cm³/mol. The molecule has 0 aromatic carbocycles. The molecule has 1 aliphatic heterocycles. The fourth-order valence-electron chi connectivity index (χ4n) is 2.86. The van der Waals surface area contributed by atoms with Crippen molar-refractivity contribution in [1.82, 2.24) is 14.9 Å². The van der Waals surface area contributed by atoms with Gasteiger partial charge in [-0.15, -0.1) is 0 Å². The van der Waals surface area contributed by atoms with E-state index in [0.717, 1.165) is 31.6 Å². The van der Waals surface area contributed by atoms with Crippen LogP contribution >= 0.6 is 0 Å². The van der Waals surface area contributed by atoms with E-state index >= 15 is 0 Å². The number of rotatable bonds is 2. The highest BCUT2D eigenvalue weighted by atomic mass is 19.4. The van der Waals surface area contributed by atoms with Crippen molar-refractivity contribution >= 4 is 0 Å². The van der Waals surface area contributed by atoms with Gasteiger partial charge in [0.2, 0.25) is 0 Å². The summed E-state index contributed by atoms with van der Waals surface area (Å²) in [5, 5.41) is 3.23. The zero-order valence-corrected chi connectivity index (χ0v) is 10.0. The molecule has 3 rings (SSSR count). The normalized spacial score (nSPS) is 24.2. The van der Waals surface area contributed by atoms with Crippen molar-refractivity contribution < 1.29 is 13.2 Å². The summed E-state index contributed by atoms with van der Waals surface area (Å²) in [7, 11) is 0. The van der Waals surface area contributed by atoms with E-state index in [2.05, 4.69) is 10.3 Å². The summed E-state index contributed by atoms with van der Waals surface area (Å²) in [6, 6.07) is 0. The smallest absolute Gasteiger partial charge is 0.319 e. The standard InChI is InChI=1S/C12H16F3N3/c13-12(14,15)11(3-4-11)18-8-17-7-10(18)9-1-5-16-6-2-9/h7-9,16H,1-6H2. The second-order valence-electron chi connectivity index (χ2n) is 5.24. The van der Waals surface area contributed by atoms with Gasteiger partial charge in [-0.05, 0) is 38.8 Å². The number of alkyl halides is 3. The van der Waals surface area contributed by atoms with E-state index in [-0.39, 0.29) is 18.8 Å². The number of halogens is 3. The minimum Gasteiger partial charge on any atom is -0.319 e. The van der Waals surface area contributed by atoms with Crippen molar-refractivity contribution in [3.05, 3.63) is 18.2 Å². The van der Waals surface area contributed by atoms with Gasteiger partial charge >= 0.3 is 6.18 Å². The molecule has 0 spiro atoms. The third-order valence-electron chi connectivity index (χ3n) is 4.14. The minimum atomic E-state index is -4.17. The Hall–Kier alpha value is -1.04. The van der Waals surface area contributed by atoms with Gasteiger partial charge in [0.1, 0.15) is 5.54 Å². The Bertz CT molecular complexity index is 428. The summed E-state index contributed by atoms with van der Waals surface area (Å²) in [6.45, 7) is 1.74. The molecule has 2 fully saturated rings. The van der Waals surface area contributed by atoms with E-state index in [4.69, 9.17) is 0 Å². The number of hydrogen-bond acceptors (Lipinski definition) is 2. The third kappa shape index (κ3) is 1.74. The van der Waals surface area contributed by atoms with Gasteiger partial charge < -0.3 is 9.88 Å². The molecule has 6 heteroatoms. The van der Waals surface area contributed by atoms with Crippen LogP contribution in [0, 0.1) is 0 Å². The zero-order chi connectivity index (χ0) is 12.8. The number of imidazole rings is 1. The van der Waals surface area contributed by atoms with Gasteiger partial charge in [0.05, 0.1) is 6.33 Å². The fourth-order valence-corrected chi connectivity index (χ4v) is 2.86. The molecule has 2 heterocycles. The monoisotopic (exact) mass is 259 g/mol. The van der Waals surface area contributed by atoms with Crippen LogP contribution in [-0.2, 0) is 5.54 Å². The molecule has 1 aliphatic carbocycles. The first-order chi connectivity index (χ1) is 8.55. The summed E-state index contributed by atoms with van der Waals surface area (Å²) >= 11 is 0. The molecule has 1 aromatic heterocycles. The molecule has 2 aliphatic rings. The lowest BCUT2D eigenvalue weighted by molar-refractivity contribution is -0.180. The number of nitrogens with one attached hydrogen (secondary N) is 1. The van der Waals surface area contributed by atoms with Crippen molar-refractivity contribution in [1.29, 1.82) is 0 Å². The molecule has 1 saturated heterocycles. The van der Waals surface area contributed by atoms with Crippen LogP contribution in [0.25, 0.3) is 0 Å². The predicted octanol–water partition coefficient (Wildman–Crippen LogP) is 2.40. The first-order valence-electron chi connectivity index (χ1n) is 6.35. The molecule has 0 unspecified atom stereocenters. The van der Waals surface area contributed by atoms with E-state index < -0.39 is 11.7 Å². The van der Waals surface area contributed by atoms with Gasteiger partial charge in [-0.25, -0.2) is 4.98 Å². The number of aromatic nitrogens is 2. The fraction of sp³-hybridized carbons (Fsp3) is 0.750. The van der Waals surface area contributed by atoms with Crippen molar-refractivity contribution in [3.63, 3.8) is 0 Å². The van der Waals surface area contributed by atoms with Crippen LogP contribution in [0.5, 0.6) is 0 Å². The molecule has 0 atom stereocenters. The lowest BCUT2D eigenvalue weighted by atomic mass is 9.94. The molecule has 1 saturated carbocycles. The molecule has 100 valence electrons. The Kier molecular flexibility index (Phi) is 2.66. The van der Waals surface area contributed by atoms with Gasteiger partial charge in [-0.2, -0.15) is 13.2 Å². The van der Waals surface area contributed by atoms with Crippen LogP contribution in [0.15, 0.2) is 12.5 Å². The highest BCUT2D eigenvalue weighted by molar-refractivity contribution is 5.17. The third-order valence-corrected chi connectivity index (χ3v) is 4.14. The molecule has 0 radical (unpaired) electrons. The van der Waals surface area contributed by atoms with Crippen LogP contribution < -0.4 is 5.32 Å². The lowest BCUT2D eigenvalue weighted by Gasteiger charge is -2.28. The van der Waals surface area contributed by atoms with Gasteiger partial charge in [0, 0.05) is 17.8 Å². The molecule has 0 amide bonds. The van der Waals surface area contributed by atoms with Gasteiger partial charge in [-0.1, -0.05) is 0 Å². The van der Waals surface area contributed by atoms with Gasteiger partial charge in [0.15, 0.2) is 0 Å². The van der Waals surface area contributed by atoms with Crippen LogP contribution in [0.3, 0.4) is 0 Å². The van der Waals surface area contributed by atoms with E-state index in [0.29, 0.717) is 0 Å². The average molecular weight is 259 g/mol. The second kappa shape index (κ2) is 3.98. The molecule has 0 bridgehead atoms. The maximum atomic E-state index is 13.1. The Labute approximate surface area is 103 Å². The number of nitrogens with zero attached hydrogens (tertiary/aromatic N) is 2. The van der Waals surface area contributed by atoms with Crippen molar-refractivity contribution in [2.24, 2.45) is 0 Å². The van der Waals surface area contributed by atoms with Gasteiger partial charge in [-0.3, -0.25) is 0 Å². The van der Waals surface area contributed by atoms with Crippen LogP contribution in [-0.4, -0.2) is 28.8 Å². The zero-order valence-electron chi connectivity index (χ0n) is 10.0. The van der Waals surface area contributed by atoms with Crippen LogP contribution in [0.2, 0.25) is 0 Å². The van der Waals surface area contributed by atoms with Crippen LogP contribution in [0.4, 0.5) is 13.2 Å². The first-order valence-corrected chi connectivity index (χ1v) is 6.35. The molecule has 18 heavy (non-hydrogen) atoms. The lowest BCUT2D eigenvalue weighted by Crippen LogP contribution is -2.37. The minimum absolute atomic E-state index is 0.185. The van der Waals surface area contributed by atoms with Crippen LogP contribution in [0.1, 0.15) is 37.3 Å².